The van der Waals surface area contributed by atoms with Gasteiger partial charge in [0.25, 0.3) is 0 Å². The summed E-state index contributed by atoms with van der Waals surface area (Å²) in [5.41, 5.74) is 2.41. The average molecular weight is 437 g/mol. The summed E-state index contributed by atoms with van der Waals surface area (Å²) in [6.45, 7) is 22.0. The Bertz CT molecular complexity index is 923. The molecule has 0 saturated heterocycles. The fourth-order valence-electron chi connectivity index (χ4n) is 8.08. The van der Waals surface area contributed by atoms with Gasteiger partial charge < -0.3 is 4.74 Å². The first kappa shape index (κ1) is 23.4. The van der Waals surface area contributed by atoms with Gasteiger partial charge in [0.15, 0.2) is 11.6 Å². The SMILES string of the molecule is C=C1C[C@@H]2[C@H](CC[C@@]3(C)[C@H]2CC[C@]3(OCCCCC)C(C)=O)[C@@]2(C)C(=C)C(=C)C(=O)C=C12. The van der Waals surface area contributed by atoms with Gasteiger partial charge in [-0.05, 0) is 80.4 Å². The van der Waals surface area contributed by atoms with Crippen LogP contribution in [-0.4, -0.2) is 23.8 Å². The van der Waals surface area contributed by atoms with Gasteiger partial charge in [-0.25, -0.2) is 0 Å². The summed E-state index contributed by atoms with van der Waals surface area (Å²) in [4.78, 5) is 25.6. The van der Waals surface area contributed by atoms with Crippen LogP contribution in [0.4, 0.5) is 0 Å². The van der Waals surface area contributed by atoms with Gasteiger partial charge in [-0.1, -0.05) is 58.9 Å². The van der Waals surface area contributed by atoms with E-state index in [0.717, 1.165) is 68.1 Å². The molecular formula is C29H40O3. The number of rotatable bonds is 6. The van der Waals surface area contributed by atoms with Crippen LogP contribution >= 0.6 is 0 Å². The molecule has 0 spiro atoms. The monoisotopic (exact) mass is 436 g/mol. The molecule has 0 bridgehead atoms. The van der Waals surface area contributed by atoms with Crippen LogP contribution in [0.1, 0.15) is 79.1 Å². The highest BCUT2D eigenvalue weighted by molar-refractivity contribution is 6.09. The van der Waals surface area contributed by atoms with E-state index in [2.05, 4.69) is 40.5 Å². The fourth-order valence-corrected chi connectivity index (χ4v) is 8.08. The molecule has 6 atom stereocenters. The summed E-state index contributed by atoms with van der Waals surface area (Å²) in [6.07, 6.45) is 9.76. The van der Waals surface area contributed by atoms with Crippen molar-refractivity contribution < 1.29 is 14.3 Å². The van der Waals surface area contributed by atoms with Crippen molar-refractivity contribution in [3.63, 3.8) is 0 Å². The maximum absolute atomic E-state index is 13.1. The number of allylic oxidation sites excluding steroid dienone is 4. The van der Waals surface area contributed by atoms with Crippen molar-refractivity contribution >= 4 is 11.6 Å². The van der Waals surface area contributed by atoms with Gasteiger partial charge >= 0.3 is 0 Å². The lowest BCUT2D eigenvalue weighted by Crippen LogP contribution is -2.58. The molecule has 0 amide bonds. The van der Waals surface area contributed by atoms with Gasteiger partial charge in [-0.2, -0.15) is 0 Å². The zero-order chi connectivity index (χ0) is 23.5. The molecule has 32 heavy (non-hydrogen) atoms. The maximum Gasteiger partial charge on any atom is 0.185 e. The Hall–Kier alpha value is -1.74. The van der Waals surface area contributed by atoms with E-state index in [9.17, 15) is 9.59 Å². The Morgan fingerprint density at radius 3 is 2.47 bits per heavy atom. The molecule has 0 heterocycles. The summed E-state index contributed by atoms with van der Waals surface area (Å²) >= 11 is 0. The molecule has 0 aromatic heterocycles. The Balaban J connectivity index is 1.70. The highest BCUT2D eigenvalue weighted by Crippen LogP contribution is 2.69. The molecule has 4 aliphatic carbocycles. The topological polar surface area (TPSA) is 43.4 Å². The summed E-state index contributed by atoms with van der Waals surface area (Å²) in [5.74, 6) is 1.38. The molecule has 4 rings (SSSR count). The molecule has 0 aromatic rings. The Labute approximate surface area is 194 Å². The van der Waals surface area contributed by atoms with E-state index in [1.54, 1.807) is 13.0 Å². The van der Waals surface area contributed by atoms with Crippen LogP contribution in [-0.2, 0) is 14.3 Å². The third kappa shape index (κ3) is 2.96. The lowest BCUT2D eigenvalue weighted by Gasteiger charge is -2.60. The number of carbonyl (C=O) groups excluding carboxylic acids is 2. The Morgan fingerprint density at radius 2 is 1.81 bits per heavy atom. The van der Waals surface area contributed by atoms with E-state index in [1.807, 2.05) is 0 Å². The van der Waals surface area contributed by atoms with Crippen LogP contribution in [0.5, 0.6) is 0 Å². The molecule has 174 valence electrons. The molecule has 0 radical (unpaired) electrons. The molecule has 0 unspecified atom stereocenters. The zero-order valence-corrected chi connectivity index (χ0v) is 20.5. The van der Waals surface area contributed by atoms with Crippen molar-refractivity contribution in [2.24, 2.45) is 28.6 Å². The number of hydrogen-bond donors (Lipinski definition) is 0. The first-order valence-corrected chi connectivity index (χ1v) is 12.5. The van der Waals surface area contributed by atoms with Crippen molar-refractivity contribution in [2.45, 2.75) is 84.7 Å². The van der Waals surface area contributed by atoms with Crippen LogP contribution in [0, 0.1) is 28.6 Å². The van der Waals surface area contributed by atoms with E-state index in [0.29, 0.717) is 29.9 Å². The van der Waals surface area contributed by atoms with Crippen LogP contribution < -0.4 is 0 Å². The van der Waals surface area contributed by atoms with Crippen LogP contribution in [0.3, 0.4) is 0 Å². The van der Waals surface area contributed by atoms with Gasteiger partial charge in [-0.15, -0.1) is 0 Å². The minimum absolute atomic E-state index is 0.0281. The quantitative estimate of drug-likeness (QED) is 0.350. The second kappa shape index (κ2) is 7.94. The second-order valence-corrected chi connectivity index (χ2v) is 11.2. The summed E-state index contributed by atoms with van der Waals surface area (Å²) in [6, 6.07) is 0. The molecule has 0 aromatic carbocycles. The van der Waals surface area contributed by atoms with Gasteiger partial charge in [0.2, 0.25) is 0 Å². The number of Topliss-reactive ketones (excluding diaryl/α,β-unsaturated/α-hetero) is 1. The number of carbonyl (C=O) groups is 2. The van der Waals surface area contributed by atoms with Crippen molar-refractivity contribution in [1.29, 1.82) is 0 Å². The minimum atomic E-state index is -0.669. The van der Waals surface area contributed by atoms with Gasteiger partial charge in [0.05, 0.1) is 0 Å². The smallest absolute Gasteiger partial charge is 0.185 e. The molecule has 0 N–H and O–H groups in total. The van der Waals surface area contributed by atoms with Crippen LogP contribution in [0.25, 0.3) is 0 Å². The van der Waals surface area contributed by atoms with E-state index < -0.39 is 5.60 Å². The number of unbranched alkanes of at least 4 members (excludes halogenated alkanes) is 2. The fraction of sp³-hybridized carbons (Fsp3) is 0.655. The third-order valence-electron chi connectivity index (χ3n) is 9.95. The first-order valence-electron chi connectivity index (χ1n) is 12.5. The standard InChI is InChI=1S/C29H40O3/c1-8-9-10-15-32-29(21(5)30)14-12-23-22-16-18(2)25-17-26(31)19(3)20(4)28(25,7)24(22)11-13-27(23,29)6/h17,22-24H,2-4,8-16H2,1,5-7H3/t22-,23-,24-,27-,28+,29-/m0/s1. The van der Waals surface area contributed by atoms with Crippen molar-refractivity contribution in [2.75, 3.05) is 6.61 Å². The highest BCUT2D eigenvalue weighted by Gasteiger charge is 2.67. The normalized spacial score (nSPS) is 41.1. The summed E-state index contributed by atoms with van der Waals surface area (Å²) < 4.78 is 6.56. The van der Waals surface area contributed by atoms with Crippen molar-refractivity contribution in [3.05, 3.63) is 48.1 Å². The van der Waals surface area contributed by atoms with Crippen LogP contribution in [0.15, 0.2) is 48.1 Å². The predicted molar refractivity (Wildman–Crippen MR) is 129 cm³/mol. The van der Waals surface area contributed by atoms with Crippen molar-refractivity contribution in [3.8, 4) is 0 Å². The number of fused-ring (bicyclic) bond motifs is 5. The average Bonchev–Trinajstić information content (AvgIpc) is 3.05. The lowest BCUT2D eigenvalue weighted by atomic mass is 9.44. The van der Waals surface area contributed by atoms with E-state index >= 15 is 0 Å². The molecule has 4 aliphatic rings. The van der Waals surface area contributed by atoms with Gasteiger partial charge in [0.1, 0.15) is 5.60 Å². The minimum Gasteiger partial charge on any atom is -0.367 e. The van der Waals surface area contributed by atoms with E-state index in [1.165, 1.54) is 0 Å². The van der Waals surface area contributed by atoms with E-state index in [-0.39, 0.29) is 22.4 Å². The number of hydrogen-bond acceptors (Lipinski definition) is 3. The summed E-state index contributed by atoms with van der Waals surface area (Å²) in [7, 11) is 0. The maximum atomic E-state index is 13.1. The van der Waals surface area contributed by atoms with E-state index in [4.69, 9.17) is 4.74 Å². The van der Waals surface area contributed by atoms with Gasteiger partial charge in [-0.3, -0.25) is 9.59 Å². The Morgan fingerprint density at radius 1 is 1.12 bits per heavy atom. The highest BCUT2D eigenvalue weighted by atomic mass is 16.5. The molecule has 3 fully saturated rings. The molecule has 3 heteroatoms. The predicted octanol–water partition coefficient (Wildman–Crippen LogP) is 6.55. The summed E-state index contributed by atoms with van der Waals surface area (Å²) in [5, 5.41) is 0. The van der Waals surface area contributed by atoms with Crippen molar-refractivity contribution in [1.82, 2.24) is 0 Å². The second-order valence-electron chi connectivity index (χ2n) is 11.2. The molecular weight excluding hydrogens is 396 g/mol. The Kier molecular flexibility index (Phi) is 5.81. The number of ether oxygens (including phenoxy) is 1. The number of ketones is 2. The third-order valence-corrected chi connectivity index (χ3v) is 9.95. The largest absolute Gasteiger partial charge is 0.367 e. The molecule has 3 saturated carbocycles. The van der Waals surface area contributed by atoms with Crippen LogP contribution in [0.2, 0.25) is 0 Å². The lowest BCUT2D eigenvalue weighted by molar-refractivity contribution is -0.174. The zero-order valence-electron chi connectivity index (χ0n) is 20.5. The van der Waals surface area contributed by atoms with Gasteiger partial charge in [0, 0.05) is 23.0 Å². The molecule has 0 aliphatic heterocycles. The molecule has 3 nitrogen and oxygen atoms in total. The first-order chi connectivity index (χ1) is 15.0.